The van der Waals surface area contributed by atoms with Crippen molar-refractivity contribution in [3.63, 3.8) is 0 Å². The molecule has 1 atom stereocenters. The van der Waals surface area contributed by atoms with Crippen molar-refractivity contribution in [2.75, 3.05) is 13.7 Å². The zero-order valence-corrected chi connectivity index (χ0v) is 12.7. The second-order valence-corrected chi connectivity index (χ2v) is 5.57. The number of benzene rings is 2. The Balaban J connectivity index is 2.31. The largest absolute Gasteiger partial charge is 0.382 e. The summed E-state index contributed by atoms with van der Waals surface area (Å²) in [7, 11) is 1.57. The molecule has 2 rings (SSSR count). The molecule has 0 heterocycles. The first-order valence-electron chi connectivity index (χ1n) is 6.26. The van der Waals surface area contributed by atoms with Gasteiger partial charge in [0, 0.05) is 13.5 Å². The lowest BCUT2D eigenvalue weighted by Crippen LogP contribution is -2.33. The molecule has 106 valence electrons. The number of halogens is 2. The number of methoxy groups -OCH3 is 1. The molecule has 2 nitrogen and oxygen atoms in total. The van der Waals surface area contributed by atoms with Crippen LogP contribution in [0.5, 0.6) is 0 Å². The Labute approximate surface area is 128 Å². The molecule has 0 bridgehead atoms. The Hall–Kier alpha value is -1.06. The molecule has 0 aliphatic rings. The van der Waals surface area contributed by atoms with Crippen LogP contribution in [0.3, 0.4) is 0 Å². The van der Waals surface area contributed by atoms with Crippen molar-refractivity contribution in [1.82, 2.24) is 0 Å². The van der Waals surface area contributed by atoms with E-state index in [1.165, 1.54) is 0 Å². The molecule has 2 aromatic carbocycles. The van der Waals surface area contributed by atoms with E-state index in [9.17, 15) is 5.11 Å². The van der Waals surface area contributed by atoms with Gasteiger partial charge >= 0.3 is 0 Å². The van der Waals surface area contributed by atoms with E-state index in [-0.39, 0.29) is 6.61 Å². The normalized spacial score (nSPS) is 14.0. The lowest BCUT2D eigenvalue weighted by molar-refractivity contribution is -0.0355. The van der Waals surface area contributed by atoms with Crippen LogP contribution in [-0.2, 0) is 16.8 Å². The minimum Gasteiger partial charge on any atom is -0.382 e. The van der Waals surface area contributed by atoms with Gasteiger partial charge in [-0.2, -0.15) is 0 Å². The van der Waals surface area contributed by atoms with E-state index in [0.717, 1.165) is 11.1 Å². The first-order valence-corrected chi connectivity index (χ1v) is 7.01. The van der Waals surface area contributed by atoms with Crippen molar-refractivity contribution in [2.24, 2.45) is 0 Å². The Kier molecular flexibility index (Phi) is 5.06. The molecular formula is C16H16Cl2O2. The van der Waals surface area contributed by atoms with Gasteiger partial charge in [-0.1, -0.05) is 59.6 Å². The SMILES string of the molecule is COCC(O)(Cc1ccc(Cl)c(Cl)c1)c1ccccc1. The zero-order chi connectivity index (χ0) is 14.6. The van der Waals surface area contributed by atoms with Gasteiger partial charge in [0.2, 0.25) is 0 Å². The summed E-state index contributed by atoms with van der Waals surface area (Å²) in [6.07, 6.45) is 0.405. The molecule has 4 heteroatoms. The fourth-order valence-electron chi connectivity index (χ4n) is 2.21. The number of hydrogen-bond acceptors (Lipinski definition) is 2. The molecule has 0 amide bonds. The van der Waals surface area contributed by atoms with E-state index in [1.54, 1.807) is 19.2 Å². The molecule has 0 aliphatic heterocycles. The smallest absolute Gasteiger partial charge is 0.117 e. The highest BCUT2D eigenvalue weighted by atomic mass is 35.5. The van der Waals surface area contributed by atoms with Crippen LogP contribution in [0.2, 0.25) is 10.0 Å². The van der Waals surface area contributed by atoms with Crippen molar-refractivity contribution < 1.29 is 9.84 Å². The van der Waals surface area contributed by atoms with E-state index in [4.69, 9.17) is 27.9 Å². The third-order valence-corrected chi connectivity index (χ3v) is 3.91. The highest BCUT2D eigenvalue weighted by molar-refractivity contribution is 6.42. The topological polar surface area (TPSA) is 29.5 Å². The van der Waals surface area contributed by atoms with Gasteiger partial charge in [-0.3, -0.25) is 0 Å². The summed E-state index contributed by atoms with van der Waals surface area (Å²) in [5.41, 5.74) is 0.628. The van der Waals surface area contributed by atoms with Gasteiger partial charge in [0.15, 0.2) is 0 Å². The monoisotopic (exact) mass is 310 g/mol. The lowest BCUT2D eigenvalue weighted by atomic mass is 9.88. The third kappa shape index (κ3) is 3.53. The molecule has 0 saturated carbocycles. The van der Waals surface area contributed by atoms with Crippen molar-refractivity contribution in [1.29, 1.82) is 0 Å². The van der Waals surface area contributed by atoms with E-state index >= 15 is 0 Å². The minimum absolute atomic E-state index is 0.206. The number of aliphatic hydroxyl groups is 1. The Morgan fingerprint density at radius 1 is 1.05 bits per heavy atom. The van der Waals surface area contributed by atoms with Gasteiger partial charge in [-0.15, -0.1) is 0 Å². The summed E-state index contributed by atoms with van der Waals surface area (Å²) in [4.78, 5) is 0. The molecule has 1 unspecified atom stereocenters. The fraction of sp³-hybridized carbons (Fsp3) is 0.250. The number of hydrogen-bond donors (Lipinski definition) is 1. The third-order valence-electron chi connectivity index (χ3n) is 3.17. The van der Waals surface area contributed by atoms with Crippen LogP contribution in [0, 0.1) is 0 Å². The highest BCUT2D eigenvalue weighted by Gasteiger charge is 2.29. The van der Waals surface area contributed by atoms with Gasteiger partial charge in [0.05, 0.1) is 16.7 Å². The summed E-state index contributed by atoms with van der Waals surface area (Å²) in [5, 5.41) is 11.9. The Morgan fingerprint density at radius 3 is 2.35 bits per heavy atom. The standard InChI is InChI=1S/C16H16Cl2O2/c1-20-11-16(19,13-5-3-2-4-6-13)10-12-7-8-14(17)15(18)9-12/h2-9,19H,10-11H2,1H3. The average molecular weight is 311 g/mol. The van der Waals surface area contributed by atoms with Crippen LogP contribution in [-0.4, -0.2) is 18.8 Å². The van der Waals surface area contributed by atoms with Gasteiger partial charge in [-0.05, 0) is 23.3 Å². The second kappa shape index (κ2) is 6.59. The number of rotatable bonds is 5. The van der Waals surface area contributed by atoms with Crippen LogP contribution in [0.15, 0.2) is 48.5 Å². The first kappa shape index (κ1) is 15.3. The molecule has 0 aromatic heterocycles. The summed E-state index contributed by atoms with van der Waals surface area (Å²) >= 11 is 11.9. The van der Waals surface area contributed by atoms with Gasteiger partial charge in [0.25, 0.3) is 0 Å². The quantitative estimate of drug-likeness (QED) is 0.902. The molecule has 0 saturated heterocycles. The predicted molar refractivity (Wildman–Crippen MR) is 82.4 cm³/mol. The van der Waals surface area contributed by atoms with E-state index < -0.39 is 5.60 Å². The van der Waals surface area contributed by atoms with E-state index in [2.05, 4.69) is 0 Å². The molecule has 0 fully saturated rings. The second-order valence-electron chi connectivity index (χ2n) is 4.76. The Morgan fingerprint density at radius 2 is 1.75 bits per heavy atom. The molecule has 0 radical (unpaired) electrons. The first-order chi connectivity index (χ1) is 9.55. The molecular weight excluding hydrogens is 295 g/mol. The Bertz CT molecular complexity index is 572. The molecule has 1 N–H and O–H groups in total. The number of ether oxygens (including phenoxy) is 1. The minimum atomic E-state index is -1.09. The van der Waals surface area contributed by atoms with Crippen molar-refractivity contribution in [3.05, 3.63) is 69.7 Å². The van der Waals surface area contributed by atoms with Gasteiger partial charge in [-0.25, -0.2) is 0 Å². The summed E-state index contributed by atoms with van der Waals surface area (Å²) in [5.74, 6) is 0. The maximum Gasteiger partial charge on any atom is 0.117 e. The molecule has 2 aromatic rings. The van der Waals surface area contributed by atoms with Crippen LogP contribution in [0.4, 0.5) is 0 Å². The van der Waals surface area contributed by atoms with Crippen molar-refractivity contribution >= 4 is 23.2 Å². The van der Waals surface area contributed by atoms with Crippen LogP contribution < -0.4 is 0 Å². The zero-order valence-electron chi connectivity index (χ0n) is 11.1. The van der Waals surface area contributed by atoms with Gasteiger partial charge < -0.3 is 9.84 Å². The molecule has 0 spiro atoms. The predicted octanol–water partition coefficient (Wildman–Crippen LogP) is 4.07. The fourth-order valence-corrected chi connectivity index (χ4v) is 2.53. The summed E-state index contributed by atoms with van der Waals surface area (Å²) in [6.45, 7) is 0.206. The lowest BCUT2D eigenvalue weighted by Gasteiger charge is -2.28. The van der Waals surface area contributed by atoms with Gasteiger partial charge in [0.1, 0.15) is 5.60 Å². The maximum atomic E-state index is 10.9. The van der Waals surface area contributed by atoms with E-state index in [0.29, 0.717) is 16.5 Å². The molecule has 20 heavy (non-hydrogen) atoms. The van der Waals surface area contributed by atoms with E-state index in [1.807, 2.05) is 36.4 Å². The summed E-state index contributed by atoms with van der Waals surface area (Å²) < 4.78 is 5.18. The summed E-state index contributed by atoms with van der Waals surface area (Å²) in [6, 6.07) is 14.8. The average Bonchev–Trinajstić information content (AvgIpc) is 2.44. The van der Waals surface area contributed by atoms with Crippen molar-refractivity contribution in [2.45, 2.75) is 12.0 Å². The highest BCUT2D eigenvalue weighted by Crippen LogP contribution is 2.29. The van der Waals surface area contributed by atoms with Crippen molar-refractivity contribution in [3.8, 4) is 0 Å². The van der Waals surface area contributed by atoms with Crippen LogP contribution in [0.1, 0.15) is 11.1 Å². The maximum absolute atomic E-state index is 10.9. The van der Waals surface area contributed by atoms with Crippen LogP contribution >= 0.6 is 23.2 Å². The van der Waals surface area contributed by atoms with Crippen LogP contribution in [0.25, 0.3) is 0 Å². The molecule has 0 aliphatic carbocycles.